The second-order valence-electron chi connectivity index (χ2n) is 3.02. The van der Waals surface area contributed by atoms with Crippen LogP contribution in [0.1, 0.15) is 6.92 Å². The van der Waals surface area contributed by atoms with E-state index in [9.17, 15) is 4.21 Å². The van der Waals surface area contributed by atoms with Gasteiger partial charge in [-0.05, 0) is 31.2 Å². The SMILES string of the molecule is COc1ccc(S(=O)C(C)CN)cc1. The lowest BCUT2D eigenvalue weighted by Crippen LogP contribution is -2.21. The molecule has 0 fully saturated rings. The molecule has 2 unspecified atom stereocenters. The Morgan fingerprint density at radius 3 is 2.43 bits per heavy atom. The summed E-state index contributed by atoms with van der Waals surface area (Å²) in [6.45, 7) is 2.30. The summed E-state index contributed by atoms with van der Waals surface area (Å²) in [5.41, 5.74) is 5.45. The van der Waals surface area contributed by atoms with E-state index in [1.54, 1.807) is 31.4 Å². The second-order valence-corrected chi connectivity index (χ2v) is 4.89. The van der Waals surface area contributed by atoms with E-state index < -0.39 is 10.8 Å². The molecule has 0 saturated heterocycles. The fraction of sp³-hybridized carbons (Fsp3) is 0.400. The van der Waals surface area contributed by atoms with Gasteiger partial charge in [-0.2, -0.15) is 0 Å². The highest BCUT2D eigenvalue weighted by atomic mass is 32.2. The summed E-state index contributed by atoms with van der Waals surface area (Å²) in [5.74, 6) is 0.770. The van der Waals surface area contributed by atoms with Gasteiger partial charge in [0.05, 0.1) is 17.9 Å². The van der Waals surface area contributed by atoms with Gasteiger partial charge in [0.2, 0.25) is 0 Å². The van der Waals surface area contributed by atoms with E-state index in [4.69, 9.17) is 10.5 Å². The molecule has 1 aromatic rings. The summed E-state index contributed by atoms with van der Waals surface area (Å²) in [4.78, 5) is 0.795. The third-order valence-corrected chi connectivity index (χ3v) is 3.65. The Bertz CT molecular complexity index is 310. The van der Waals surface area contributed by atoms with Gasteiger partial charge in [-0.15, -0.1) is 0 Å². The number of benzene rings is 1. The molecule has 0 amide bonds. The van der Waals surface area contributed by atoms with E-state index in [0.717, 1.165) is 10.6 Å². The second kappa shape index (κ2) is 5.12. The Kier molecular flexibility index (Phi) is 4.10. The van der Waals surface area contributed by atoms with Gasteiger partial charge in [0.1, 0.15) is 5.75 Å². The van der Waals surface area contributed by atoms with Crippen molar-refractivity contribution in [2.75, 3.05) is 13.7 Å². The van der Waals surface area contributed by atoms with E-state index in [1.165, 1.54) is 0 Å². The zero-order valence-electron chi connectivity index (χ0n) is 8.40. The number of nitrogens with two attached hydrogens (primary N) is 1. The minimum Gasteiger partial charge on any atom is -0.497 e. The standard InChI is InChI=1S/C10H15NO2S/c1-8(7-11)14(12)10-5-3-9(13-2)4-6-10/h3-6,8H,7,11H2,1-2H3. The number of ether oxygens (including phenoxy) is 1. The monoisotopic (exact) mass is 213 g/mol. The number of hydrogen-bond donors (Lipinski definition) is 1. The quantitative estimate of drug-likeness (QED) is 0.816. The Hall–Kier alpha value is -0.870. The van der Waals surface area contributed by atoms with Crippen LogP contribution in [0.15, 0.2) is 29.2 Å². The summed E-state index contributed by atoms with van der Waals surface area (Å²) >= 11 is 0. The maximum absolute atomic E-state index is 11.8. The fourth-order valence-electron chi connectivity index (χ4n) is 1.03. The van der Waals surface area contributed by atoms with Gasteiger partial charge in [0.25, 0.3) is 0 Å². The molecule has 0 bridgehead atoms. The van der Waals surface area contributed by atoms with E-state index >= 15 is 0 Å². The van der Waals surface area contributed by atoms with Crippen LogP contribution in [0.3, 0.4) is 0 Å². The molecule has 1 aromatic carbocycles. The van der Waals surface area contributed by atoms with E-state index in [-0.39, 0.29) is 5.25 Å². The molecule has 0 aliphatic heterocycles. The maximum atomic E-state index is 11.8. The van der Waals surface area contributed by atoms with Crippen LogP contribution >= 0.6 is 0 Å². The molecule has 0 aromatic heterocycles. The van der Waals surface area contributed by atoms with Crippen LogP contribution in [0.2, 0.25) is 0 Å². The highest BCUT2D eigenvalue weighted by molar-refractivity contribution is 7.85. The number of methoxy groups -OCH3 is 1. The van der Waals surface area contributed by atoms with Gasteiger partial charge >= 0.3 is 0 Å². The highest BCUT2D eigenvalue weighted by Gasteiger charge is 2.10. The normalized spacial score (nSPS) is 14.8. The zero-order valence-corrected chi connectivity index (χ0v) is 9.21. The van der Waals surface area contributed by atoms with Crippen LogP contribution in [0.5, 0.6) is 5.75 Å². The molecule has 0 aliphatic carbocycles. The first-order chi connectivity index (χ1) is 6.69. The Labute approximate surface area is 86.7 Å². The molecule has 78 valence electrons. The average molecular weight is 213 g/mol. The van der Waals surface area contributed by atoms with Crippen LogP contribution < -0.4 is 10.5 Å². The summed E-state index contributed by atoms with van der Waals surface area (Å²) in [6.07, 6.45) is 0. The molecule has 0 aliphatic rings. The molecule has 14 heavy (non-hydrogen) atoms. The number of rotatable bonds is 4. The van der Waals surface area contributed by atoms with Gasteiger partial charge in [-0.3, -0.25) is 4.21 Å². The Morgan fingerprint density at radius 1 is 1.43 bits per heavy atom. The van der Waals surface area contributed by atoms with Crippen molar-refractivity contribution in [3.8, 4) is 5.75 Å². The minimum absolute atomic E-state index is 0.0107. The van der Waals surface area contributed by atoms with Gasteiger partial charge < -0.3 is 10.5 Å². The van der Waals surface area contributed by atoms with Crippen molar-refractivity contribution < 1.29 is 8.95 Å². The van der Waals surface area contributed by atoms with Crippen LogP contribution in [0.25, 0.3) is 0 Å². The molecule has 3 nitrogen and oxygen atoms in total. The predicted molar refractivity (Wildman–Crippen MR) is 57.9 cm³/mol. The van der Waals surface area contributed by atoms with Crippen molar-refractivity contribution in [1.29, 1.82) is 0 Å². The summed E-state index contributed by atoms with van der Waals surface area (Å²) in [6, 6.07) is 7.22. The van der Waals surface area contributed by atoms with E-state index in [0.29, 0.717) is 6.54 Å². The topological polar surface area (TPSA) is 52.3 Å². The van der Waals surface area contributed by atoms with Crippen molar-refractivity contribution in [3.05, 3.63) is 24.3 Å². The summed E-state index contributed by atoms with van der Waals surface area (Å²) < 4.78 is 16.8. The van der Waals surface area contributed by atoms with Gasteiger partial charge in [-0.25, -0.2) is 0 Å². The fourth-order valence-corrected chi connectivity index (χ4v) is 2.07. The minimum atomic E-state index is -1.02. The molecular formula is C10H15NO2S. The van der Waals surface area contributed by atoms with Crippen molar-refractivity contribution in [2.45, 2.75) is 17.1 Å². The maximum Gasteiger partial charge on any atom is 0.118 e. The lowest BCUT2D eigenvalue weighted by molar-refractivity contribution is 0.414. The average Bonchev–Trinajstić information content (AvgIpc) is 2.27. The molecule has 4 heteroatoms. The lowest BCUT2D eigenvalue weighted by Gasteiger charge is -2.08. The zero-order chi connectivity index (χ0) is 10.6. The molecule has 2 N–H and O–H groups in total. The third kappa shape index (κ3) is 2.56. The largest absolute Gasteiger partial charge is 0.497 e. The molecule has 1 rings (SSSR count). The van der Waals surface area contributed by atoms with E-state index in [1.807, 2.05) is 6.92 Å². The first-order valence-corrected chi connectivity index (χ1v) is 5.65. The van der Waals surface area contributed by atoms with Gasteiger partial charge in [0, 0.05) is 16.7 Å². The third-order valence-electron chi connectivity index (χ3n) is 1.99. The lowest BCUT2D eigenvalue weighted by atomic mass is 10.3. The predicted octanol–water partition coefficient (Wildman–Crippen LogP) is 1.15. The summed E-state index contributed by atoms with van der Waals surface area (Å²) in [7, 11) is 0.587. The molecule has 2 atom stereocenters. The Morgan fingerprint density at radius 2 is 2.00 bits per heavy atom. The molecule has 0 radical (unpaired) electrons. The van der Waals surface area contributed by atoms with Crippen LogP contribution in [0, 0.1) is 0 Å². The first-order valence-electron chi connectivity index (χ1n) is 4.43. The summed E-state index contributed by atoms with van der Waals surface area (Å²) in [5, 5.41) is -0.0107. The number of hydrogen-bond acceptors (Lipinski definition) is 3. The van der Waals surface area contributed by atoms with Crippen molar-refractivity contribution >= 4 is 10.8 Å². The highest BCUT2D eigenvalue weighted by Crippen LogP contribution is 2.16. The van der Waals surface area contributed by atoms with Crippen LogP contribution in [-0.2, 0) is 10.8 Å². The Balaban J connectivity index is 2.81. The molecule has 0 heterocycles. The van der Waals surface area contributed by atoms with Crippen molar-refractivity contribution in [1.82, 2.24) is 0 Å². The van der Waals surface area contributed by atoms with Crippen LogP contribution in [0.4, 0.5) is 0 Å². The molecular weight excluding hydrogens is 198 g/mol. The molecule has 0 spiro atoms. The molecule has 0 saturated carbocycles. The smallest absolute Gasteiger partial charge is 0.118 e. The van der Waals surface area contributed by atoms with Crippen LogP contribution in [-0.4, -0.2) is 23.1 Å². The first kappa shape index (κ1) is 11.2. The van der Waals surface area contributed by atoms with Crippen molar-refractivity contribution in [2.24, 2.45) is 5.73 Å². The van der Waals surface area contributed by atoms with Crippen molar-refractivity contribution in [3.63, 3.8) is 0 Å². The van der Waals surface area contributed by atoms with Gasteiger partial charge in [0.15, 0.2) is 0 Å². The van der Waals surface area contributed by atoms with Gasteiger partial charge in [-0.1, -0.05) is 0 Å². The van der Waals surface area contributed by atoms with E-state index in [2.05, 4.69) is 0 Å².